The van der Waals surface area contributed by atoms with Crippen molar-refractivity contribution in [1.82, 2.24) is 5.32 Å². The Labute approximate surface area is 64.4 Å². The van der Waals surface area contributed by atoms with Gasteiger partial charge in [-0.3, -0.25) is 0 Å². The fourth-order valence-corrected chi connectivity index (χ4v) is 1.81. The number of hydrogen-bond acceptors (Lipinski definition) is 1. The van der Waals surface area contributed by atoms with Gasteiger partial charge in [0.2, 0.25) is 0 Å². The van der Waals surface area contributed by atoms with E-state index in [4.69, 9.17) is 0 Å². The molecule has 0 bridgehead atoms. The van der Waals surface area contributed by atoms with E-state index in [2.05, 4.69) is 27.9 Å². The van der Waals surface area contributed by atoms with Gasteiger partial charge in [-0.25, -0.2) is 0 Å². The van der Waals surface area contributed by atoms with Crippen molar-refractivity contribution in [2.75, 3.05) is 17.5 Å². The third-order valence-corrected chi connectivity index (χ3v) is 2.86. The van der Waals surface area contributed by atoms with E-state index in [1.165, 1.54) is 30.4 Å². The number of alkyl halides is 1. The molecule has 1 rings (SSSR count). The van der Waals surface area contributed by atoms with Gasteiger partial charge in [0, 0.05) is 4.43 Å². The summed E-state index contributed by atoms with van der Waals surface area (Å²) in [5.74, 6) is 0.962. The predicted octanol–water partition coefficient (Wildman–Crippen LogP) is 1.42. The van der Waals surface area contributed by atoms with Gasteiger partial charge in [-0.05, 0) is 31.8 Å². The number of piperidine rings is 1. The van der Waals surface area contributed by atoms with Crippen molar-refractivity contribution in [3.8, 4) is 0 Å². The molecule has 0 aliphatic carbocycles. The molecule has 0 radical (unpaired) electrons. The molecule has 0 amide bonds. The van der Waals surface area contributed by atoms with Crippen LogP contribution in [-0.2, 0) is 0 Å². The van der Waals surface area contributed by atoms with Gasteiger partial charge in [0.15, 0.2) is 0 Å². The topological polar surface area (TPSA) is 12.0 Å². The Kier molecular flexibility index (Phi) is 3.12. The first-order valence-corrected chi connectivity index (χ1v) is 4.72. The highest BCUT2D eigenvalue weighted by Gasteiger charge is 2.09. The first-order valence-electron chi connectivity index (χ1n) is 3.20. The van der Waals surface area contributed by atoms with Crippen molar-refractivity contribution >= 4 is 22.6 Å². The Balaban J connectivity index is 2.13. The van der Waals surface area contributed by atoms with E-state index in [1.54, 1.807) is 0 Å². The van der Waals surface area contributed by atoms with Crippen molar-refractivity contribution < 1.29 is 0 Å². The lowest BCUT2D eigenvalue weighted by Gasteiger charge is -2.19. The molecule has 2 heteroatoms. The molecule has 0 saturated carbocycles. The average molecular weight is 225 g/mol. The molecule has 1 heterocycles. The van der Waals surface area contributed by atoms with Crippen molar-refractivity contribution in [2.45, 2.75) is 12.8 Å². The zero-order chi connectivity index (χ0) is 5.82. The standard InChI is InChI=1S/C6H12IN/c7-4-6-2-1-3-8-5-6/h6,8H,1-5H2/t6-/m0/s1. The van der Waals surface area contributed by atoms with E-state index in [1.807, 2.05) is 0 Å². The zero-order valence-electron chi connectivity index (χ0n) is 4.99. The summed E-state index contributed by atoms with van der Waals surface area (Å²) in [5.41, 5.74) is 0. The molecule has 0 spiro atoms. The third-order valence-electron chi connectivity index (χ3n) is 1.62. The lowest BCUT2D eigenvalue weighted by Crippen LogP contribution is -2.30. The smallest absolute Gasteiger partial charge is 0.00358 e. The van der Waals surface area contributed by atoms with Crippen LogP contribution in [0, 0.1) is 5.92 Å². The molecule has 48 valence electrons. The molecule has 1 aliphatic heterocycles. The summed E-state index contributed by atoms with van der Waals surface area (Å²) in [7, 11) is 0. The molecule has 1 fully saturated rings. The number of hydrogen-bond donors (Lipinski definition) is 1. The minimum atomic E-state index is 0.962. The fraction of sp³-hybridized carbons (Fsp3) is 1.00. The Morgan fingerprint density at radius 2 is 2.50 bits per heavy atom. The minimum Gasteiger partial charge on any atom is -0.316 e. The van der Waals surface area contributed by atoms with Crippen molar-refractivity contribution in [1.29, 1.82) is 0 Å². The summed E-state index contributed by atoms with van der Waals surface area (Å²) in [5, 5.41) is 3.38. The van der Waals surface area contributed by atoms with Gasteiger partial charge in [-0.2, -0.15) is 0 Å². The second-order valence-corrected chi connectivity index (χ2v) is 3.25. The van der Waals surface area contributed by atoms with Crippen LogP contribution in [0.5, 0.6) is 0 Å². The first-order chi connectivity index (χ1) is 3.93. The maximum atomic E-state index is 3.38. The van der Waals surface area contributed by atoms with Gasteiger partial charge >= 0.3 is 0 Å². The fourth-order valence-electron chi connectivity index (χ4n) is 1.06. The van der Waals surface area contributed by atoms with Gasteiger partial charge in [0.1, 0.15) is 0 Å². The van der Waals surface area contributed by atoms with Crippen molar-refractivity contribution in [2.24, 2.45) is 5.92 Å². The van der Waals surface area contributed by atoms with E-state index in [0.717, 1.165) is 5.92 Å². The summed E-state index contributed by atoms with van der Waals surface area (Å²) in [6.07, 6.45) is 2.82. The second kappa shape index (κ2) is 3.67. The monoisotopic (exact) mass is 225 g/mol. The summed E-state index contributed by atoms with van der Waals surface area (Å²) in [6, 6.07) is 0. The number of nitrogens with one attached hydrogen (secondary N) is 1. The molecule has 1 saturated heterocycles. The van der Waals surface area contributed by atoms with E-state index < -0.39 is 0 Å². The first kappa shape index (κ1) is 6.81. The van der Waals surface area contributed by atoms with Crippen LogP contribution >= 0.6 is 22.6 Å². The number of rotatable bonds is 1. The van der Waals surface area contributed by atoms with Crippen molar-refractivity contribution in [3.05, 3.63) is 0 Å². The maximum Gasteiger partial charge on any atom is 0.00358 e. The van der Waals surface area contributed by atoms with Crippen LogP contribution in [0.2, 0.25) is 0 Å². The van der Waals surface area contributed by atoms with Gasteiger partial charge in [0.05, 0.1) is 0 Å². The Morgan fingerprint density at radius 1 is 1.62 bits per heavy atom. The third kappa shape index (κ3) is 1.90. The molecule has 1 N–H and O–H groups in total. The Morgan fingerprint density at radius 3 is 2.88 bits per heavy atom. The molecule has 8 heavy (non-hydrogen) atoms. The van der Waals surface area contributed by atoms with Gasteiger partial charge < -0.3 is 5.32 Å². The highest BCUT2D eigenvalue weighted by molar-refractivity contribution is 14.1. The minimum absolute atomic E-state index is 0.962. The average Bonchev–Trinajstić information content (AvgIpc) is 1.90. The number of halogens is 1. The largest absolute Gasteiger partial charge is 0.316 e. The SMILES string of the molecule is IC[C@@H]1CCCNC1. The maximum absolute atomic E-state index is 3.38. The van der Waals surface area contributed by atoms with E-state index in [0.29, 0.717) is 0 Å². The highest BCUT2D eigenvalue weighted by Crippen LogP contribution is 2.11. The van der Waals surface area contributed by atoms with Crippen LogP contribution in [0.3, 0.4) is 0 Å². The normalized spacial score (nSPS) is 30.4. The van der Waals surface area contributed by atoms with Crippen LogP contribution < -0.4 is 5.32 Å². The van der Waals surface area contributed by atoms with Crippen LogP contribution in [0.15, 0.2) is 0 Å². The second-order valence-electron chi connectivity index (χ2n) is 2.37. The van der Waals surface area contributed by atoms with Gasteiger partial charge in [-0.1, -0.05) is 22.6 Å². The molecule has 0 aromatic carbocycles. The highest BCUT2D eigenvalue weighted by atomic mass is 127. The molecular weight excluding hydrogens is 213 g/mol. The van der Waals surface area contributed by atoms with E-state index >= 15 is 0 Å². The Hall–Kier alpha value is 0.690. The van der Waals surface area contributed by atoms with E-state index in [-0.39, 0.29) is 0 Å². The Bertz CT molecular complexity index is 59.5. The molecular formula is C6H12IN. The molecule has 0 unspecified atom stereocenters. The summed E-state index contributed by atoms with van der Waals surface area (Å²) < 4.78 is 1.32. The van der Waals surface area contributed by atoms with Gasteiger partial charge in [-0.15, -0.1) is 0 Å². The van der Waals surface area contributed by atoms with Crippen LogP contribution in [0.1, 0.15) is 12.8 Å². The molecule has 0 aromatic rings. The predicted molar refractivity (Wildman–Crippen MR) is 44.5 cm³/mol. The summed E-state index contributed by atoms with van der Waals surface area (Å²) in [6.45, 7) is 2.50. The summed E-state index contributed by atoms with van der Waals surface area (Å²) in [4.78, 5) is 0. The van der Waals surface area contributed by atoms with E-state index in [9.17, 15) is 0 Å². The van der Waals surface area contributed by atoms with Crippen LogP contribution in [0.4, 0.5) is 0 Å². The van der Waals surface area contributed by atoms with Gasteiger partial charge in [0.25, 0.3) is 0 Å². The lowest BCUT2D eigenvalue weighted by molar-refractivity contribution is 0.414. The van der Waals surface area contributed by atoms with Crippen LogP contribution in [-0.4, -0.2) is 17.5 Å². The zero-order valence-corrected chi connectivity index (χ0v) is 7.15. The molecule has 1 nitrogen and oxygen atoms in total. The molecule has 1 atom stereocenters. The molecule has 0 aromatic heterocycles. The lowest BCUT2D eigenvalue weighted by atomic mass is 10.0. The van der Waals surface area contributed by atoms with Crippen LogP contribution in [0.25, 0.3) is 0 Å². The van der Waals surface area contributed by atoms with Crippen molar-refractivity contribution in [3.63, 3.8) is 0 Å². The summed E-state index contributed by atoms with van der Waals surface area (Å²) >= 11 is 2.47. The quantitative estimate of drug-likeness (QED) is 0.525. The molecule has 1 aliphatic rings.